The van der Waals surface area contributed by atoms with Crippen molar-refractivity contribution >= 4 is 12.7 Å². The Kier molecular flexibility index (Phi) is 3.34. The molecule has 0 radical (unpaired) electrons. The van der Waals surface area contributed by atoms with Crippen molar-refractivity contribution in [3.63, 3.8) is 0 Å². The molecule has 3 rings (SSSR count). The molecule has 0 amide bonds. The highest BCUT2D eigenvalue weighted by Crippen LogP contribution is 2.38. The van der Waals surface area contributed by atoms with Gasteiger partial charge in [-0.3, -0.25) is 0 Å². The number of rotatable bonds is 3. The van der Waals surface area contributed by atoms with Crippen LogP contribution >= 0.6 is 0 Å². The number of ether oxygens (including phenoxy) is 1. The predicted octanol–water partition coefficient (Wildman–Crippen LogP) is -3.78. The Balaban J connectivity index is 1.95. The van der Waals surface area contributed by atoms with Crippen LogP contribution in [-0.2, 0) is 4.74 Å². The number of fused-ring (bicyclic) bond motifs is 1. The second-order valence-electron chi connectivity index (χ2n) is 5.02. The fraction of sp³-hybridized carbons (Fsp3) is 0.636. The van der Waals surface area contributed by atoms with Crippen molar-refractivity contribution < 1.29 is 25.2 Å². The van der Waals surface area contributed by atoms with Crippen molar-refractivity contribution in [1.29, 1.82) is 0 Å². The van der Waals surface area contributed by atoms with Crippen LogP contribution in [0, 0.1) is 0 Å². The Morgan fingerprint density at radius 1 is 1.38 bits per heavy atom. The first kappa shape index (κ1) is 14.2. The van der Waals surface area contributed by atoms with Crippen molar-refractivity contribution in [2.75, 3.05) is 13.2 Å². The van der Waals surface area contributed by atoms with Crippen LogP contribution in [0.25, 0.3) is 0 Å². The van der Waals surface area contributed by atoms with E-state index in [-0.39, 0.29) is 5.82 Å². The van der Waals surface area contributed by atoms with Crippen LogP contribution in [0.5, 0.6) is 0 Å². The number of nitrogens with two attached hydrogens (primary N) is 1. The molecular weight excluding hydrogens is 282 g/mol. The number of aliphatic hydroxyl groups is 4. The van der Waals surface area contributed by atoms with Crippen LogP contribution in [0.3, 0.4) is 0 Å². The molecule has 1 unspecified atom stereocenters. The summed E-state index contributed by atoms with van der Waals surface area (Å²) >= 11 is 0. The maximum Gasteiger partial charge on any atom is 0.206 e. The van der Waals surface area contributed by atoms with E-state index >= 15 is 0 Å². The molecule has 3 aliphatic rings. The summed E-state index contributed by atoms with van der Waals surface area (Å²) in [6, 6.07) is 0. The van der Waals surface area contributed by atoms with E-state index in [2.05, 4.69) is 15.3 Å². The van der Waals surface area contributed by atoms with Gasteiger partial charge in [0.15, 0.2) is 6.23 Å². The molecule has 3 heterocycles. The lowest BCUT2D eigenvalue weighted by Gasteiger charge is -2.39. The number of hydrogen-bond acceptors (Lipinski definition) is 10. The molecule has 0 saturated carbocycles. The normalized spacial score (nSPS) is 41.6. The van der Waals surface area contributed by atoms with Gasteiger partial charge in [-0.2, -0.15) is 0 Å². The van der Waals surface area contributed by atoms with Crippen molar-refractivity contribution in [3.8, 4) is 0 Å². The standard InChI is InChI=1S/C11H17N5O5/c12-9-8-11(2-18,15-3-13-9)16(4-14-8)10-7(20)6(19)5(1-17)21-10/h3-7,10,17-20H,1-2,12H2,(H,13,15)/t5-,6-,7-,10-,11?/m1/s1. The second-order valence-corrected chi connectivity index (χ2v) is 5.02. The SMILES string of the molecule is NC1=C2N=CN([C@@H]3O[C@H](CO)[C@@H](O)[C@H]3O)C2(CO)N=CN1. The van der Waals surface area contributed by atoms with Crippen LogP contribution in [0.4, 0.5) is 0 Å². The van der Waals surface area contributed by atoms with Gasteiger partial charge in [-0.1, -0.05) is 0 Å². The van der Waals surface area contributed by atoms with Gasteiger partial charge in [-0.15, -0.1) is 0 Å². The molecule has 0 aromatic carbocycles. The minimum atomic E-state index is -1.31. The van der Waals surface area contributed by atoms with E-state index in [1.165, 1.54) is 17.6 Å². The summed E-state index contributed by atoms with van der Waals surface area (Å²) in [6.07, 6.45) is -1.83. The van der Waals surface area contributed by atoms with Crippen molar-refractivity contribution in [2.24, 2.45) is 15.7 Å². The van der Waals surface area contributed by atoms with Gasteiger partial charge < -0.3 is 41.1 Å². The third kappa shape index (κ3) is 1.84. The monoisotopic (exact) mass is 299 g/mol. The van der Waals surface area contributed by atoms with Crippen LogP contribution in [0.1, 0.15) is 0 Å². The predicted molar refractivity (Wildman–Crippen MR) is 70.7 cm³/mol. The molecule has 5 atom stereocenters. The Morgan fingerprint density at radius 3 is 2.76 bits per heavy atom. The number of aliphatic imine (C=N–C) groups is 2. The van der Waals surface area contributed by atoms with Gasteiger partial charge >= 0.3 is 0 Å². The maximum atomic E-state index is 10.1. The third-order valence-electron chi connectivity index (χ3n) is 3.88. The van der Waals surface area contributed by atoms with Crippen LogP contribution < -0.4 is 11.1 Å². The maximum absolute atomic E-state index is 10.1. The average molecular weight is 299 g/mol. The Hall–Kier alpha value is -1.72. The minimum absolute atomic E-state index is 0.226. The second kappa shape index (κ2) is 4.93. The van der Waals surface area contributed by atoms with Crippen LogP contribution in [0.15, 0.2) is 21.5 Å². The zero-order valence-corrected chi connectivity index (χ0v) is 11.0. The van der Waals surface area contributed by atoms with Gasteiger partial charge in [0.2, 0.25) is 5.66 Å². The zero-order valence-electron chi connectivity index (χ0n) is 11.0. The largest absolute Gasteiger partial charge is 0.394 e. The molecule has 0 bridgehead atoms. The molecule has 0 aliphatic carbocycles. The van der Waals surface area contributed by atoms with E-state index in [0.29, 0.717) is 5.70 Å². The molecular formula is C11H17N5O5. The van der Waals surface area contributed by atoms with Gasteiger partial charge in [-0.25, -0.2) is 9.98 Å². The van der Waals surface area contributed by atoms with Gasteiger partial charge in [0, 0.05) is 0 Å². The molecule has 21 heavy (non-hydrogen) atoms. The number of nitrogens with zero attached hydrogens (tertiary/aromatic N) is 3. The molecule has 7 N–H and O–H groups in total. The number of hydrogen-bond donors (Lipinski definition) is 6. The fourth-order valence-electron chi connectivity index (χ4n) is 2.71. The Morgan fingerprint density at radius 2 is 2.14 bits per heavy atom. The molecule has 0 spiro atoms. The van der Waals surface area contributed by atoms with E-state index in [0.717, 1.165) is 0 Å². The Bertz CT molecular complexity index is 523. The van der Waals surface area contributed by atoms with Gasteiger partial charge in [0.25, 0.3) is 0 Å². The van der Waals surface area contributed by atoms with E-state index in [1.54, 1.807) is 0 Å². The molecule has 0 aromatic rings. The molecule has 116 valence electrons. The van der Waals surface area contributed by atoms with Crippen LogP contribution in [-0.4, -0.2) is 81.4 Å². The first-order valence-corrected chi connectivity index (χ1v) is 6.41. The van der Waals surface area contributed by atoms with Crippen molar-refractivity contribution in [1.82, 2.24) is 10.2 Å². The molecule has 0 aromatic heterocycles. The highest BCUT2D eigenvalue weighted by atomic mass is 16.6. The molecule has 10 heteroatoms. The molecule has 1 saturated heterocycles. The lowest BCUT2D eigenvalue weighted by molar-refractivity contribution is -0.0983. The van der Waals surface area contributed by atoms with Gasteiger partial charge in [0.05, 0.1) is 25.9 Å². The van der Waals surface area contributed by atoms with E-state index in [4.69, 9.17) is 15.6 Å². The highest BCUT2D eigenvalue weighted by molar-refractivity contribution is 5.71. The first-order valence-electron chi connectivity index (χ1n) is 6.41. The van der Waals surface area contributed by atoms with Gasteiger partial charge in [0.1, 0.15) is 29.8 Å². The highest BCUT2D eigenvalue weighted by Gasteiger charge is 2.55. The summed E-state index contributed by atoms with van der Waals surface area (Å²) in [6.45, 7) is -0.894. The first-order chi connectivity index (χ1) is 10.0. The van der Waals surface area contributed by atoms with E-state index < -0.39 is 43.4 Å². The number of aliphatic hydroxyl groups excluding tert-OH is 4. The topological polar surface area (TPSA) is 156 Å². The van der Waals surface area contributed by atoms with Crippen molar-refractivity contribution in [2.45, 2.75) is 30.2 Å². The summed E-state index contributed by atoms with van der Waals surface area (Å²) in [4.78, 5) is 9.66. The summed E-state index contributed by atoms with van der Waals surface area (Å²) in [7, 11) is 0. The van der Waals surface area contributed by atoms with E-state index in [9.17, 15) is 15.3 Å². The summed E-state index contributed by atoms with van der Waals surface area (Å²) in [5.41, 5.74) is 4.77. The van der Waals surface area contributed by atoms with Crippen molar-refractivity contribution in [3.05, 3.63) is 11.5 Å². The van der Waals surface area contributed by atoms with Gasteiger partial charge in [-0.05, 0) is 0 Å². The molecule has 10 nitrogen and oxygen atoms in total. The zero-order chi connectivity index (χ0) is 15.2. The Labute approximate surface area is 119 Å². The quantitative estimate of drug-likeness (QED) is 0.310. The molecule has 1 fully saturated rings. The summed E-state index contributed by atoms with van der Waals surface area (Å²) < 4.78 is 5.45. The van der Waals surface area contributed by atoms with Crippen LogP contribution in [0.2, 0.25) is 0 Å². The summed E-state index contributed by atoms with van der Waals surface area (Å²) in [5, 5.41) is 41.5. The fourth-order valence-corrected chi connectivity index (χ4v) is 2.71. The molecule has 3 aliphatic heterocycles. The smallest absolute Gasteiger partial charge is 0.206 e. The summed E-state index contributed by atoms with van der Waals surface area (Å²) in [5.74, 6) is 0.226. The minimum Gasteiger partial charge on any atom is -0.394 e. The van der Waals surface area contributed by atoms with E-state index in [1.807, 2.05) is 0 Å². The lowest BCUT2D eigenvalue weighted by Crippen LogP contribution is -2.57. The third-order valence-corrected chi connectivity index (χ3v) is 3.88. The average Bonchev–Trinajstić information content (AvgIpc) is 3.00. The lowest BCUT2D eigenvalue weighted by atomic mass is 10.0. The number of nitrogens with one attached hydrogen (secondary N) is 1.